The number of piperidine rings is 1. The smallest absolute Gasteiger partial charge is 0.261 e. The fourth-order valence-electron chi connectivity index (χ4n) is 3.97. The van der Waals surface area contributed by atoms with Crippen molar-refractivity contribution in [3.05, 3.63) is 78.4 Å². The maximum Gasteiger partial charge on any atom is 0.261 e. The molecule has 0 aromatic heterocycles. The fourth-order valence-corrected chi connectivity index (χ4v) is 5.03. The van der Waals surface area contributed by atoms with Crippen LogP contribution in [-0.4, -0.2) is 34.7 Å². The van der Waals surface area contributed by atoms with Gasteiger partial charge in [-0.1, -0.05) is 42.0 Å². The molecule has 1 aliphatic rings. The Labute approximate surface area is 184 Å². The zero-order chi connectivity index (χ0) is 21.8. The number of ether oxygens (including phenoxy) is 1. The third-order valence-electron chi connectivity index (χ3n) is 5.71. The van der Waals surface area contributed by atoms with Crippen molar-refractivity contribution in [3.8, 4) is 11.1 Å². The van der Waals surface area contributed by atoms with Gasteiger partial charge >= 0.3 is 0 Å². The predicted octanol–water partition coefficient (Wildman–Crippen LogP) is 5.08. The number of anilines is 2. The third kappa shape index (κ3) is 5.09. The molecule has 6 heteroatoms. The summed E-state index contributed by atoms with van der Waals surface area (Å²) in [6.07, 6.45) is 2.41. The van der Waals surface area contributed by atoms with Gasteiger partial charge < -0.3 is 9.64 Å². The van der Waals surface area contributed by atoms with Gasteiger partial charge in [-0.25, -0.2) is 8.42 Å². The van der Waals surface area contributed by atoms with Gasteiger partial charge in [0.1, 0.15) is 0 Å². The first-order valence-electron chi connectivity index (χ1n) is 10.5. The predicted molar refractivity (Wildman–Crippen MR) is 126 cm³/mol. The van der Waals surface area contributed by atoms with E-state index in [2.05, 4.69) is 15.7 Å². The number of rotatable bonds is 6. The highest BCUT2D eigenvalue weighted by molar-refractivity contribution is 7.92. The Morgan fingerprint density at radius 3 is 2.39 bits per heavy atom. The Balaban J connectivity index is 1.46. The van der Waals surface area contributed by atoms with E-state index in [-0.39, 0.29) is 11.0 Å². The van der Waals surface area contributed by atoms with Crippen LogP contribution >= 0.6 is 0 Å². The molecule has 1 unspecified atom stereocenters. The first-order valence-corrected chi connectivity index (χ1v) is 12.0. The maximum atomic E-state index is 12.8. The van der Waals surface area contributed by atoms with Crippen LogP contribution in [-0.2, 0) is 14.8 Å². The average molecular weight is 437 g/mol. The molecule has 1 N–H and O–H groups in total. The van der Waals surface area contributed by atoms with Crippen LogP contribution in [0.4, 0.5) is 11.4 Å². The fraction of sp³-hybridized carbons (Fsp3) is 0.280. The van der Waals surface area contributed by atoms with Crippen LogP contribution in [0.15, 0.2) is 77.7 Å². The quantitative estimate of drug-likeness (QED) is 0.586. The second-order valence-corrected chi connectivity index (χ2v) is 9.67. The van der Waals surface area contributed by atoms with Crippen molar-refractivity contribution >= 4 is 21.4 Å². The highest BCUT2D eigenvalue weighted by Crippen LogP contribution is 2.26. The number of nitrogens with zero attached hydrogens (tertiary/aromatic N) is 1. The van der Waals surface area contributed by atoms with Crippen molar-refractivity contribution in [2.45, 2.75) is 30.8 Å². The maximum absolute atomic E-state index is 12.8. The van der Waals surface area contributed by atoms with Gasteiger partial charge in [0, 0.05) is 31.6 Å². The number of methoxy groups -OCH3 is 1. The van der Waals surface area contributed by atoms with Gasteiger partial charge in [-0.2, -0.15) is 0 Å². The molecule has 0 saturated carbocycles. The molecule has 0 aliphatic carbocycles. The van der Waals surface area contributed by atoms with Crippen molar-refractivity contribution in [2.24, 2.45) is 0 Å². The lowest BCUT2D eigenvalue weighted by atomic mass is 10.0. The van der Waals surface area contributed by atoms with E-state index in [9.17, 15) is 8.42 Å². The second kappa shape index (κ2) is 9.12. The minimum atomic E-state index is -3.65. The Hall–Kier alpha value is -2.83. The molecule has 0 bridgehead atoms. The van der Waals surface area contributed by atoms with E-state index < -0.39 is 10.0 Å². The van der Waals surface area contributed by atoms with Crippen LogP contribution in [0.25, 0.3) is 11.1 Å². The van der Waals surface area contributed by atoms with Gasteiger partial charge in [0.25, 0.3) is 10.0 Å². The Kier molecular flexibility index (Phi) is 6.30. The highest BCUT2D eigenvalue weighted by atomic mass is 32.2. The van der Waals surface area contributed by atoms with Gasteiger partial charge in [0.2, 0.25) is 0 Å². The molecule has 1 atom stereocenters. The lowest BCUT2D eigenvalue weighted by Crippen LogP contribution is -2.39. The molecular weight excluding hydrogens is 408 g/mol. The molecule has 3 aromatic rings. The summed E-state index contributed by atoms with van der Waals surface area (Å²) >= 11 is 0. The monoisotopic (exact) mass is 436 g/mol. The van der Waals surface area contributed by atoms with Crippen LogP contribution < -0.4 is 9.62 Å². The summed E-state index contributed by atoms with van der Waals surface area (Å²) in [5.74, 6) is 0. The molecule has 5 nitrogen and oxygen atoms in total. The van der Waals surface area contributed by atoms with E-state index in [4.69, 9.17) is 4.74 Å². The lowest BCUT2D eigenvalue weighted by molar-refractivity contribution is 0.0893. The van der Waals surface area contributed by atoms with E-state index in [1.807, 2.05) is 61.5 Å². The van der Waals surface area contributed by atoms with Crippen molar-refractivity contribution in [1.29, 1.82) is 0 Å². The van der Waals surface area contributed by atoms with Crippen LogP contribution in [0.5, 0.6) is 0 Å². The van der Waals surface area contributed by atoms with E-state index >= 15 is 0 Å². The molecule has 162 valence electrons. The number of hydrogen-bond donors (Lipinski definition) is 1. The summed E-state index contributed by atoms with van der Waals surface area (Å²) in [5.41, 5.74) is 4.85. The molecule has 0 amide bonds. The molecule has 1 saturated heterocycles. The third-order valence-corrected chi connectivity index (χ3v) is 7.11. The van der Waals surface area contributed by atoms with Gasteiger partial charge in [0.05, 0.1) is 11.0 Å². The zero-order valence-corrected chi connectivity index (χ0v) is 18.7. The zero-order valence-electron chi connectivity index (χ0n) is 17.9. The van der Waals surface area contributed by atoms with Crippen LogP contribution in [0.1, 0.15) is 18.4 Å². The van der Waals surface area contributed by atoms with Crippen LogP contribution in [0, 0.1) is 6.92 Å². The molecule has 4 rings (SSSR count). The SMILES string of the molecule is COC1CCCN(c2ccc(NS(=O)(=O)c3ccc(-c4cccc(C)c4)cc3)cc2)C1. The van der Waals surface area contributed by atoms with E-state index in [1.54, 1.807) is 19.2 Å². The summed E-state index contributed by atoms with van der Waals surface area (Å²) in [4.78, 5) is 2.52. The molecule has 1 aliphatic heterocycles. The van der Waals surface area contributed by atoms with Gasteiger partial charge in [-0.3, -0.25) is 4.72 Å². The van der Waals surface area contributed by atoms with Crippen LogP contribution in [0.2, 0.25) is 0 Å². The summed E-state index contributed by atoms with van der Waals surface area (Å²) in [6.45, 7) is 3.88. The summed E-state index contributed by atoms with van der Waals surface area (Å²) in [5, 5.41) is 0. The number of hydrogen-bond acceptors (Lipinski definition) is 4. The molecule has 1 heterocycles. The topological polar surface area (TPSA) is 58.6 Å². The molecule has 1 fully saturated rings. The van der Waals surface area contributed by atoms with Crippen molar-refractivity contribution in [1.82, 2.24) is 0 Å². The van der Waals surface area contributed by atoms with Gasteiger partial charge in [0.15, 0.2) is 0 Å². The molecule has 0 radical (unpaired) electrons. The van der Waals surface area contributed by atoms with Crippen molar-refractivity contribution in [3.63, 3.8) is 0 Å². The summed E-state index contributed by atoms with van der Waals surface area (Å²) in [6, 6.07) is 22.7. The Bertz CT molecular complexity index is 1130. The number of sulfonamides is 1. The molecule has 3 aromatic carbocycles. The van der Waals surface area contributed by atoms with Gasteiger partial charge in [-0.15, -0.1) is 0 Å². The second-order valence-electron chi connectivity index (χ2n) is 7.99. The first-order chi connectivity index (χ1) is 14.9. The molecular formula is C25H28N2O3S. The minimum absolute atomic E-state index is 0.243. The Morgan fingerprint density at radius 2 is 1.71 bits per heavy atom. The standard InChI is InChI=1S/C25H28N2O3S/c1-19-5-3-6-21(17-19)20-8-14-25(15-9-20)31(28,29)26-22-10-12-23(13-11-22)27-16-4-7-24(18-27)30-2/h3,5-6,8-15,17,24,26H,4,7,16,18H2,1-2H3. The molecule has 31 heavy (non-hydrogen) atoms. The highest BCUT2D eigenvalue weighted by Gasteiger charge is 2.20. The number of nitrogens with one attached hydrogen (secondary N) is 1. The summed E-state index contributed by atoms with van der Waals surface area (Å²) in [7, 11) is -1.91. The minimum Gasteiger partial charge on any atom is -0.380 e. The average Bonchev–Trinajstić information content (AvgIpc) is 2.79. The first kappa shape index (κ1) is 21.4. The Morgan fingerprint density at radius 1 is 0.968 bits per heavy atom. The lowest BCUT2D eigenvalue weighted by Gasteiger charge is -2.33. The van der Waals surface area contributed by atoms with Gasteiger partial charge in [-0.05, 0) is 67.3 Å². The largest absolute Gasteiger partial charge is 0.380 e. The van der Waals surface area contributed by atoms with Crippen molar-refractivity contribution < 1.29 is 13.2 Å². The van der Waals surface area contributed by atoms with E-state index in [0.717, 1.165) is 42.7 Å². The molecule has 0 spiro atoms. The van der Waals surface area contributed by atoms with E-state index in [0.29, 0.717) is 5.69 Å². The van der Waals surface area contributed by atoms with Crippen LogP contribution in [0.3, 0.4) is 0 Å². The normalized spacial score (nSPS) is 16.8. The van der Waals surface area contributed by atoms with Crippen molar-refractivity contribution in [2.75, 3.05) is 29.8 Å². The van der Waals surface area contributed by atoms with E-state index in [1.165, 1.54) is 5.56 Å². The number of benzene rings is 3. The number of aryl methyl sites for hydroxylation is 1. The summed E-state index contributed by atoms with van der Waals surface area (Å²) < 4.78 is 33.8.